The van der Waals surface area contributed by atoms with Crippen LogP contribution < -0.4 is 5.32 Å². The van der Waals surface area contributed by atoms with E-state index in [2.05, 4.69) is 5.32 Å². The van der Waals surface area contributed by atoms with Crippen molar-refractivity contribution in [3.05, 3.63) is 35.4 Å². The summed E-state index contributed by atoms with van der Waals surface area (Å²) in [7, 11) is 0. The highest BCUT2D eigenvalue weighted by molar-refractivity contribution is 5.42. The van der Waals surface area contributed by atoms with Gasteiger partial charge in [-0.1, -0.05) is 12.1 Å². The Hall–Kier alpha value is -1.07. The molecule has 3 aliphatic rings. The first kappa shape index (κ1) is 12.9. The van der Waals surface area contributed by atoms with Gasteiger partial charge >= 0.3 is 6.18 Å². The minimum atomic E-state index is -4.26. The molecule has 3 aliphatic carbocycles. The molecule has 2 bridgehead atoms. The molecule has 2 N–H and O–H groups in total. The van der Waals surface area contributed by atoms with Crippen molar-refractivity contribution in [2.24, 2.45) is 0 Å². The first-order valence-corrected chi connectivity index (χ1v) is 6.43. The molecule has 0 amide bonds. The first-order chi connectivity index (χ1) is 8.89. The van der Waals surface area contributed by atoms with Crippen LogP contribution in [-0.4, -0.2) is 23.8 Å². The van der Waals surface area contributed by atoms with Crippen LogP contribution in [0.15, 0.2) is 24.3 Å². The fraction of sp³-hybridized carbons (Fsp3) is 0.571. The van der Waals surface area contributed by atoms with E-state index in [0.29, 0.717) is 6.54 Å². The average Bonchev–Trinajstić information content (AvgIpc) is 2.25. The van der Waals surface area contributed by atoms with Crippen LogP contribution in [0.3, 0.4) is 0 Å². The van der Waals surface area contributed by atoms with E-state index < -0.39 is 11.7 Å². The number of benzene rings is 1. The normalized spacial score (nSPS) is 32.6. The van der Waals surface area contributed by atoms with Crippen LogP contribution in [0.5, 0.6) is 0 Å². The van der Waals surface area contributed by atoms with E-state index in [9.17, 15) is 13.2 Å². The van der Waals surface area contributed by atoms with E-state index in [1.165, 1.54) is 12.1 Å². The summed E-state index contributed by atoms with van der Waals surface area (Å²) in [5.74, 6) is 0. The van der Waals surface area contributed by atoms with Crippen molar-refractivity contribution in [1.29, 1.82) is 0 Å². The number of aliphatic hydroxyl groups is 1. The minimum Gasteiger partial charge on any atom is -0.395 e. The lowest BCUT2D eigenvalue weighted by atomic mass is 9.37. The minimum absolute atomic E-state index is 0.0760. The number of alkyl halides is 3. The third kappa shape index (κ3) is 1.96. The lowest BCUT2D eigenvalue weighted by molar-refractivity contribution is -0.137. The monoisotopic (exact) mass is 271 g/mol. The summed E-state index contributed by atoms with van der Waals surface area (Å²) >= 11 is 0. The lowest BCUT2D eigenvalue weighted by Gasteiger charge is -2.71. The Kier molecular flexibility index (Phi) is 2.70. The predicted molar refractivity (Wildman–Crippen MR) is 64.8 cm³/mol. The molecule has 1 aromatic carbocycles. The summed E-state index contributed by atoms with van der Waals surface area (Å²) in [6.45, 7) is 0.706. The summed E-state index contributed by atoms with van der Waals surface area (Å²) in [6.07, 6.45) is -1.37. The van der Waals surface area contributed by atoms with E-state index in [1.807, 2.05) is 0 Å². The molecule has 0 aliphatic heterocycles. The van der Waals surface area contributed by atoms with Gasteiger partial charge in [0.2, 0.25) is 0 Å². The molecule has 0 unspecified atom stereocenters. The van der Waals surface area contributed by atoms with Crippen molar-refractivity contribution < 1.29 is 18.3 Å². The molecule has 104 valence electrons. The molecule has 0 aromatic heterocycles. The van der Waals surface area contributed by atoms with Gasteiger partial charge in [-0.2, -0.15) is 13.2 Å². The number of halogens is 3. The Balaban J connectivity index is 1.67. The van der Waals surface area contributed by atoms with Gasteiger partial charge in [-0.15, -0.1) is 0 Å². The van der Waals surface area contributed by atoms with Crippen LogP contribution in [0.4, 0.5) is 13.2 Å². The van der Waals surface area contributed by atoms with Crippen molar-refractivity contribution in [2.45, 2.75) is 36.4 Å². The second kappa shape index (κ2) is 3.96. The highest BCUT2D eigenvalue weighted by atomic mass is 19.4. The van der Waals surface area contributed by atoms with Gasteiger partial charge in [-0.05, 0) is 37.0 Å². The van der Waals surface area contributed by atoms with Crippen LogP contribution in [-0.2, 0) is 11.6 Å². The van der Waals surface area contributed by atoms with Gasteiger partial charge in [-0.3, -0.25) is 0 Å². The summed E-state index contributed by atoms with van der Waals surface area (Å²) in [5, 5.41) is 12.1. The molecule has 3 fully saturated rings. The Morgan fingerprint density at radius 1 is 1.11 bits per heavy atom. The van der Waals surface area contributed by atoms with Gasteiger partial charge in [-0.25, -0.2) is 0 Å². The van der Waals surface area contributed by atoms with Crippen LogP contribution in [0.2, 0.25) is 0 Å². The van der Waals surface area contributed by atoms with Crippen molar-refractivity contribution in [3.8, 4) is 0 Å². The molecule has 19 heavy (non-hydrogen) atoms. The highest BCUT2D eigenvalue weighted by Gasteiger charge is 2.67. The van der Waals surface area contributed by atoms with E-state index in [1.54, 1.807) is 12.1 Å². The third-order valence-electron chi connectivity index (χ3n) is 4.47. The maximum Gasteiger partial charge on any atom is 0.416 e. The lowest BCUT2D eigenvalue weighted by Crippen LogP contribution is -2.76. The Labute approximate surface area is 109 Å². The van der Waals surface area contributed by atoms with Gasteiger partial charge in [0.15, 0.2) is 0 Å². The summed E-state index contributed by atoms with van der Waals surface area (Å²) in [5.41, 5.74) is 0.627. The van der Waals surface area contributed by atoms with Crippen molar-refractivity contribution >= 4 is 0 Å². The average molecular weight is 271 g/mol. The van der Waals surface area contributed by atoms with Crippen LogP contribution in [0.1, 0.15) is 30.4 Å². The molecular weight excluding hydrogens is 255 g/mol. The Bertz CT molecular complexity index is 461. The third-order valence-corrected chi connectivity index (χ3v) is 4.47. The summed E-state index contributed by atoms with van der Waals surface area (Å²) in [4.78, 5) is 0. The molecule has 1 aromatic rings. The quantitative estimate of drug-likeness (QED) is 0.881. The van der Waals surface area contributed by atoms with Crippen LogP contribution in [0, 0.1) is 0 Å². The summed E-state index contributed by atoms with van der Waals surface area (Å²) in [6, 6.07) is 5.56. The maximum absolute atomic E-state index is 12.5. The molecule has 0 radical (unpaired) electrons. The van der Waals surface area contributed by atoms with Crippen LogP contribution in [0.25, 0.3) is 0 Å². The van der Waals surface area contributed by atoms with Gasteiger partial charge in [0.1, 0.15) is 0 Å². The first-order valence-electron chi connectivity index (χ1n) is 6.43. The fourth-order valence-electron chi connectivity index (χ4n) is 3.62. The molecular formula is C14H16F3NO. The Morgan fingerprint density at radius 3 is 2.16 bits per heavy atom. The van der Waals surface area contributed by atoms with Gasteiger partial charge in [0, 0.05) is 17.5 Å². The number of β-amino-alcohol motifs (C(OH)–C–C–N with tert-alkyl or cyclic N) is 1. The number of aliphatic hydroxyl groups excluding tert-OH is 1. The zero-order valence-electron chi connectivity index (χ0n) is 10.4. The maximum atomic E-state index is 12.5. The highest BCUT2D eigenvalue weighted by Crippen LogP contribution is 2.67. The Morgan fingerprint density at radius 2 is 1.68 bits per heavy atom. The number of hydrogen-bond acceptors (Lipinski definition) is 2. The van der Waals surface area contributed by atoms with Gasteiger partial charge in [0.25, 0.3) is 0 Å². The topological polar surface area (TPSA) is 32.3 Å². The van der Waals surface area contributed by atoms with Gasteiger partial charge < -0.3 is 10.4 Å². The van der Waals surface area contributed by atoms with E-state index >= 15 is 0 Å². The zero-order chi connectivity index (χ0) is 13.7. The number of rotatable bonds is 4. The molecule has 5 heteroatoms. The van der Waals surface area contributed by atoms with Crippen molar-refractivity contribution in [2.75, 3.05) is 13.2 Å². The van der Waals surface area contributed by atoms with E-state index in [4.69, 9.17) is 5.11 Å². The molecule has 0 saturated heterocycles. The summed E-state index contributed by atoms with van der Waals surface area (Å²) < 4.78 is 37.5. The SMILES string of the molecule is OCCNC12CC(c3ccc(C(F)(F)F)cc3)(C1)C2. The fourth-order valence-corrected chi connectivity index (χ4v) is 3.62. The largest absolute Gasteiger partial charge is 0.416 e. The van der Waals surface area contributed by atoms with E-state index in [-0.39, 0.29) is 17.6 Å². The molecule has 0 spiro atoms. The second-order valence-corrected chi connectivity index (χ2v) is 5.82. The molecule has 2 nitrogen and oxygen atoms in total. The number of hydrogen-bond donors (Lipinski definition) is 2. The van der Waals surface area contributed by atoms with Crippen molar-refractivity contribution in [1.82, 2.24) is 5.32 Å². The van der Waals surface area contributed by atoms with Crippen LogP contribution >= 0.6 is 0 Å². The zero-order valence-corrected chi connectivity index (χ0v) is 10.4. The number of nitrogens with one attached hydrogen (secondary N) is 1. The van der Waals surface area contributed by atoms with E-state index in [0.717, 1.165) is 24.8 Å². The van der Waals surface area contributed by atoms with Crippen molar-refractivity contribution in [3.63, 3.8) is 0 Å². The molecule has 0 heterocycles. The molecule has 4 rings (SSSR count). The standard InChI is InChI=1S/C14H16F3NO/c15-14(16,17)11-3-1-10(2-4-11)12-7-13(8-12,9-12)18-5-6-19/h1-4,18-19H,5-9H2. The smallest absolute Gasteiger partial charge is 0.395 e. The molecule has 0 atom stereocenters. The molecule has 3 saturated carbocycles. The second-order valence-electron chi connectivity index (χ2n) is 5.82. The van der Waals surface area contributed by atoms with Gasteiger partial charge in [0.05, 0.1) is 12.2 Å². The predicted octanol–water partition coefficient (Wildman–Crippen LogP) is 2.46.